The first-order chi connectivity index (χ1) is 12.1. The molecule has 2 aromatic carbocycles. The smallest absolute Gasteiger partial charge is 0.232 e. The predicted molar refractivity (Wildman–Crippen MR) is 102 cm³/mol. The summed E-state index contributed by atoms with van der Waals surface area (Å²) in [4.78, 5) is 13.0. The molecule has 0 aliphatic carbocycles. The second kappa shape index (κ2) is 7.91. The van der Waals surface area contributed by atoms with Crippen molar-refractivity contribution in [1.82, 2.24) is 0 Å². The molecule has 4 nitrogen and oxygen atoms in total. The Morgan fingerprint density at radius 3 is 2.44 bits per heavy atom. The zero-order valence-electron chi connectivity index (χ0n) is 14.4. The average molecular weight is 404 g/mol. The third-order valence-corrected chi connectivity index (χ3v) is 5.20. The molecule has 0 spiro atoms. The van der Waals surface area contributed by atoms with Gasteiger partial charge in [0.25, 0.3) is 0 Å². The first-order valence-corrected chi connectivity index (χ1v) is 9.34. The van der Waals surface area contributed by atoms with Crippen molar-refractivity contribution in [2.45, 2.75) is 26.2 Å². The lowest BCUT2D eigenvalue weighted by Crippen LogP contribution is -2.26. The molecule has 1 amide bonds. The van der Waals surface area contributed by atoms with Gasteiger partial charge in [-0.2, -0.15) is 0 Å². The molecule has 0 saturated heterocycles. The Labute approximate surface area is 156 Å². The van der Waals surface area contributed by atoms with Crippen LogP contribution in [0.2, 0.25) is 0 Å². The van der Waals surface area contributed by atoms with E-state index < -0.39 is 0 Å². The molecule has 0 radical (unpaired) electrons. The fourth-order valence-corrected chi connectivity index (χ4v) is 3.43. The number of carbonyl (C=O) groups excluding carboxylic acids is 1. The zero-order valence-corrected chi connectivity index (χ0v) is 16.0. The van der Waals surface area contributed by atoms with E-state index in [0.717, 1.165) is 16.5 Å². The Balaban J connectivity index is 1.86. The maximum atomic E-state index is 13.0. The summed E-state index contributed by atoms with van der Waals surface area (Å²) in [5.74, 6) is 1.37. The van der Waals surface area contributed by atoms with Gasteiger partial charge in [0.1, 0.15) is 13.2 Å². The van der Waals surface area contributed by atoms with Crippen LogP contribution in [0.5, 0.6) is 11.5 Å². The Morgan fingerprint density at radius 1 is 1.16 bits per heavy atom. The number of hydrogen-bond donors (Lipinski definition) is 1. The summed E-state index contributed by atoms with van der Waals surface area (Å²) >= 11 is 3.51. The van der Waals surface area contributed by atoms with Crippen LogP contribution in [-0.2, 0) is 4.79 Å². The number of hydrogen-bond acceptors (Lipinski definition) is 3. The molecule has 2 aromatic rings. The van der Waals surface area contributed by atoms with Crippen molar-refractivity contribution < 1.29 is 14.3 Å². The summed E-state index contributed by atoms with van der Waals surface area (Å²) in [5, 5.41) is 3.05. The van der Waals surface area contributed by atoms with Crippen LogP contribution in [-0.4, -0.2) is 19.1 Å². The van der Waals surface area contributed by atoms with Gasteiger partial charge in [0.2, 0.25) is 5.91 Å². The molecular weight excluding hydrogens is 382 g/mol. The molecule has 1 aliphatic rings. The summed E-state index contributed by atoms with van der Waals surface area (Å²) in [6.45, 7) is 5.26. The number of ether oxygens (including phenoxy) is 2. The number of carbonyl (C=O) groups is 1. The number of amides is 1. The predicted octanol–water partition coefficient (Wildman–Crippen LogP) is 4.99. The Kier molecular flexibility index (Phi) is 5.63. The zero-order chi connectivity index (χ0) is 17.8. The summed E-state index contributed by atoms with van der Waals surface area (Å²) in [6, 6.07) is 13.6. The molecule has 1 heterocycles. The molecule has 1 N–H and O–H groups in total. The average Bonchev–Trinajstić information content (AvgIpc) is 2.63. The monoisotopic (exact) mass is 403 g/mol. The van der Waals surface area contributed by atoms with E-state index in [2.05, 4.69) is 35.1 Å². The van der Waals surface area contributed by atoms with E-state index in [1.807, 2.05) is 42.5 Å². The first kappa shape index (κ1) is 17.8. The normalized spacial score (nSPS) is 15.3. The molecule has 2 atom stereocenters. The van der Waals surface area contributed by atoms with E-state index in [9.17, 15) is 4.79 Å². The van der Waals surface area contributed by atoms with Crippen molar-refractivity contribution in [3.05, 3.63) is 52.5 Å². The largest absolute Gasteiger partial charge is 0.486 e. The van der Waals surface area contributed by atoms with Crippen molar-refractivity contribution in [2.75, 3.05) is 18.5 Å². The van der Waals surface area contributed by atoms with E-state index in [-0.39, 0.29) is 17.7 Å². The number of anilines is 1. The van der Waals surface area contributed by atoms with Gasteiger partial charge in [-0.25, -0.2) is 0 Å². The van der Waals surface area contributed by atoms with Gasteiger partial charge in [-0.05, 0) is 27.4 Å². The lowest BCUT2D eigenvalue weighted by atomic mass is 9.85. The van der Waals surface area contributed by atoms with Gasteiger partial charge in [-0.3, -0.25) is 4.79 Å². The van der Waals surface area contributed by atoms with E-state index in [1.165, 1.54) is 0 Å². The number of halogens is 1. The second-order valence-electron chi connectivity index (χ2n) is 6.24. The summed E-state index contributed by atoms with van der Waals surface area (Å²) in [5.41, 5.74) is 1.72. The minimum atomic E-state index is -0.202. The lowest BCUT2D eigenvalue weighted by molar-refractivity contribution is -0.118. The molecule has 0 aromatic heterocycles. The van der Waals surface area contributed by atoms with Crippen LogP contribution in [0, 0.1) is 5.92 Å². The van der Waals surface area contributed by atoms with Gasteiger partial charge in [-0.1, -0.05) is 50.6 Å². The van der Waals surface area contributed by atoms with E-state index in [0.29, 0.717) is 30.4 Å². The maximum Gasteiger partial charge on any atom is 0.232 e. The summed E-state index contributed by atoms with van der Waals surface area (Å²) in [6.07, 6.45) is 0.926. The molecule has 0 bridgehead atoms. The molecule has 3 rings (SSSR count). The van der Waals surface area contributed by atoms with Crippen molar-refractivity contribution in [1.29, 1.82) is 0 Å². The van der Waals surface area contributed by atoms with E-state index in [4.69, 9.17) is 9.47 Å². The fourth-order valence-electron chi connectivity index (χ4n) is 3.00. The van der Waals surface area contributed by atoms with Crippen LogP contribution in [0.1, 0.15) is 31.7 Å². The molecule has 0 saturated carbocycles. The molecule has 1 aliphatic heterocycles. The van der Waals surface area contributed by atoms with Crippen LogP contribution in [0.4, 0.5) is 5.69 Å². The van der Waals surface area contributed by atoms with Gasteiger partial charge in [0, 0.05) is 16.6 Å². The number of benzene rings is 2. The highest BCUT2D eigenvalue weighted by molar-refractivity contribution is 9.10. The van der Waals surface area contributed by atoms with Crippen molar-refractivity contribution in [3.63, 3.8) is 0 Å². The van der Waals surface area contributed by atoms with Crippen molar-refractivity contribution in [3.8, 4) is 11.5 Å². The van der Waals surface area contributed by atoms with Crippen molar-refractivity contribution in [2.24, 2.45) is 5.92 Å². The molecule has 132 valence electrons. The van der Waals surface area contributed by atoms with Crippen LogP contribution in [0.3, 0.4) is 0 Å². The Bertz CT molecular complexity index is 748. The maximum absolute atomic E-state index is 13.0. The van der Waals surface area contributed by atoms with Crippen LogP contribution >= 0.6 is 15.9 Å². The summed E-state index contributed by atoms with van der Waals surface area (Å²) in [7, 11) is 0. The minimum absolute atomic E-state index is 0.0158. The van der Waals surface area contributed by atoms with Gasteiger partial charge in [0.05, 0.1) is 11.6 Å². The Morgan fingerprint density at radius 2 is 1.80 bits per heavy atom. The molecule has 0 fully saturated rings. The SMILES string of the molecule is CCC(C)C(C(=O)Nc1cc2c(cc1Br)OCCO2)c1ccccc1. The second-order valence-corrected chi connectivity index (χ2v) is 7.09. The van der Waals surface area contributed by atoms with Crippen LogP contribution in [0.25, 0.3) is 0 Å². The number of fused-ring (bicyclic) bond motifs is 1. The van der Waals surface area contributed by atoms with E-state index in [1.54, 1.807) is 0 Å². The van der Waals surface area contributed by atoms with Gasteiger partial charge in [0.15, 0.2) is 11.5 Å². The quantitative estimate of drug-likeness (QED) is 0.764. The lowest BCUT2D eigenvalue weighted by Gasteiger charge is -2.24. The highest BCUT2D eigenvalue weighted by Gasteiger charge is 2.27. The molecule has 25 heavy (non-hydrogen) atoms. The molecular formula is C20H22BrNO3. The third kappa shape index (κ3) is 3.98. The highest BCUT2D eigenvalue weighted by Crippen LogP contribution is 2.39. The Hall–Kier alpha value is -2.01. The standard InChI is InChI=1S/C20H22BrNO3/c1-3-13(2)19(14-7-5-4-6-8-14)20(23)22-16-12-18-17(11-15(16)21)24-9-10-25-18/h4-8,11-13,19H,3,9-10H2,1-2H3,(H,22,23). The number of rotatable bonds is 5. The van der Waals surface area contributed by atoms with Gasteiger partial charge >= 0.3 is 0 Å². The van der Waals surface area contributed by atoms with Crippen molar-refractivity contribution >= 4 is 27.5 Å². The highest BCUT2D eigenvalue weighted by atomic mass is 79.9. The minimum Gasteiger partial charge on any atom is -0.486 e. The van der Waals surface area contributed by atoms with Crippen LogP contribution in [0.15, 0.2) is 46.9 Å². The third-order valence-electron chi connectivity index (χ3n) is 4.54. The van der Waals surface area contributed by atoms with E-state index >= 15 is 0 Å². The van der Waals surface area contributed by atoms with Gasteiger partial charge in [-0.15, -0.1) is 0 Å². The van der Waals surface area contributed by atoms with Gasteiger partial charge < -0.3 is 14.8 Å². The first-order valence-electron chi connectivity index (χ1n) is 8.55. The van der Waals surface area contributed by atoms with Crippen LogP contribution < -0.4 is 14.8 Å². The molecule has 2 unspecified atom stereocenters. The fraction of sp³-hybridized carbons (Fsp3) is 0.350. The molecule has 5 heteroatoms. The number of nitrogens with one attached hydrogen (secondary N) is 1. The topological polar surface area (TPSA) is 47.6 Å². The summed E-state index contributed by atoms with van der Waals surface area (Å²) < 4.78 is 12.0.